The third-order valence-corrected chi connectivity index (χ3v) is 7.17. The summed E-state index contributed by atoms with van der Waals surface area (Å²) in [5.74, 6) is -1.33. The molecular formula is C23H24BrFN4O5S. The van der Waals surface area contributed by atoms with Crippen LogP contribution >= 0.6 is 27.3 Å². The van der Waals surface area contributed by atoms with Gasteiger partial charge in [0.2, 0.25) is 0 Å². The van der Waals surface area contributed by atoms with Gasteiger partial charge in [-0.25, -0.2) is 14.2 Å². The number of amidine groups is 1. The predicted octanol–water partition coefficient (Wildman–Crippen LogP) is 3.13. The van der Waals surface area contributed by atoms with E-state index in [0.29, 0.717) is 64.8 Å². The van der Waals surface area contributed by atoms with Gasteiger partial charge in [0.1, 0.15) is 11.9 Å². The number of carbonyl (C=O) groups excluding carboxylic acids is 1. The van der Waals surface area contributed by atoms with E-state index in [0.717, 1.165) is 0 Å². The Morgan fingerprint density at radius 2 is 2.26 bits per heavy atom. The first-order valence-electron chi connectivity index (χ1n) is 10.9. The monoisotopic (exact) mass is 566 g/mol. The molecule has 0 saturated carbocycles. The van der Waals surface area contributed by atoms with E-state index < -0.39 is 23.8 Å². The summed E-state index contributed by atoms with van der Waals surface area (Å²) in [4.78, 5) is 35.2. The number of thiazole rings is 1. The number of ether oxygens (including phenoxy) is 2. The van der Waals surface area contributed by atoms with Crippen LogP contribution in [0.4, 0.5) is 4.39 Å². The number of halogens is 2. The van der Waals surface area contributed by atoms with Crippen molar-refractivity contribution < 1.29 is 28.6 Å². The van der Waals surface area contributed by atoms with E-state index >= 15 is 0 Å². The van der Waals surface area contributed by atoms with Gasteiger partial charge in [0.25, 0.3) is 0 Å². The molecule has 2 atom stereocenters. The van der Waals surface area contributed by atoms with E-state index in [4.69, 9.17) is 19.6 Å². The zero-order valence-corrected chi connectivity index (χ0v) is 21.3. The van der Waals surface area contributed by atoms with Crippen molar-refractivity contribution in [2.75, 3.05) is 33.4 Å². The molecule has 2 N–H and O–H groups in total. The molecule has 0 aliphatic carbocycles. The van der Waals surface area contributed by atoms with Crippen LogP contribution in [0.15, 0.2) is 50.5 Å². The summed E-state index contributed by atoms with van der Waals surface area (Å²) in [6.45, 7) is 1.93. The van der Waals surface area contributed by atoms with Crippen LogP contribution in [0.25, 0.3) is 0 Å². The molecule has 35 heavy (non-hydrogen) atoms. The zero-order chi connectivity index (χ0) is 24.9. The number of hydrogen-bond donors (Lipinski definition) is 2. The lowest BCUT2D eigenvalue weighted by Gasteiger charge is -2.35. The predicted molar refractivity (Wildman–Crippen MR) is 131 cm³/mol. The summed E-state index contributed by atoms with van der Waals surface area (Å²) in [5.41, 5.74) is 1.52. The SMILES string of the molecule is COC(=O)C1=C(CN2CCOC(CCC(=O)O)C2)NC(c2nccs2)=NC1c1ccc(F)cc1Br. The van der Waals surface area contributed by atoms with E-state index in [9.17, 15) is 14.0 Å². The number of aromatic nitrogens is 1. The van der Waals surface area contributed by atoms with Crippen molar-refractivity contribution in [1.29, 1.82) is 0 Å². The van der Waals surface area contributed by atoms with Gasteiger partial charge in [-0.15, -0.1) is 11.3 Å². The molecule has 0 bridgehead atoms. The molecule has 0 spiro atoms. The largest absolute Gasteiger partial charge is 0.481 e. The fourth-order valence-electron chi connectivity index (χ4n) is 4.07. The van der Waals surface area contributed by atoms with Crippen LogP contribution < -0.4 is 5.32 Å². The maximum Gasteiger partial charge on any atom is 0.338 e. The van der Waals surface area contributed by atoms with Crippen LogP contribution in [0.2, 0.25) is 0 Å². The van der Waals surface area contributed by atoms with Gasteiger partial charge in [-0.05, 0) is 24.1 Å². The minimum absolute atomic E-state index is 0.0222. The topological polar surface area (TPSA) is 113 Å². The molecule has 0 amide bonds. The summed E-state index contributed by atoms with van der Waals surface area (Å²) >= 11 is 4.82. The number of esters is 1. The van der Waals surface area contributed by atoms with Crippen molar-refractivity contribution in [1.82, 2.24) is 15.2 Å². The second kappa shape index (κ2) is 11.4. The molecule has 2 unspecified atom stereocenters. The molecule has 1 aromatic carbocycles. The van der Waals surface area contributed by atoms with Gasteiger partial charge in [-0.1, -0.05) is 22.0 Å². The molecule has 1 fully saturated rings. The Morgan fingerprint density at radius 1 is 1.43 bits per heavy atom. The number of aliphatic imine (C=N–C) groups is 1. The van der Waals surface area contributed by atoms with E-state index in [1.54, 1.807) is 12.3 Å². The van der Waals surface area contributed by atoms with Crippen LogP contribution in [-0.4, -0.2) is 72.2 Å². The van der Waals surface area contributed by atoms with Crippen molar-refractivity contribution in [3.63, 3.8) is 0 Å². The Morgan fingerprint density at radius 3 is 2.94 bits per heavy atom. The zero-order valence-electron chi connectivity index (χ0n) is 18.9. The Bertz CT molecular complexity index is 1160. The maximum absolute atomic E-state index is 13.8. The van der Waals surface area contributed by atoms with Crippen molar-refractivity contribution >= 4 is 45.0 Å². The van der Waals surface area contributed by atoms with Gasteiger partial charge in [-0.3, -0.25) is 14.7 Å². The first-order chi connectivity index (χ1) is 16.9. The van der Waals surface area contributed by atoms with E-state index in [-0.39, 0.29) is 12.5 Å². The highest BCUT2D eigenvalue weighted by Crippen LogP contribution is 2.37. The minimum atomic E-state index is -0.868. The summed E-state index contributed by atoms with van der Waals surface area (Å²) in [7, 11) is 1.31. The first-order valence-corrected chi connectivity index (χ1v) is 12.6. The summed E-state index contributed by atoms with van der Waals surface area (Å²) in [5, 5.41) is 14.8. The fourth-order valence-corrected chi connectivity index (χ4v) is 5.23. The highest BCUT2D eigenvalue weighted by molar-refractivity contribution is 9.10. The number of benzene rings is 1. The van der Waals surface area contributed by atoms with Gasteiger partial charge in [0, 0.05) is 47.8 Å². The molecule has 1 saturated heterocycles. The number of carboxylic acids is 1. The average molecular weight is 567 g/mol. The van der Waals surface area contributed by atoms with Crippen molar-refractivity contribution in [2.24, 2.45) is 4.99 Å². The smallest absolute Gasteiger partial charge is 0.338 e. The van der Waals surface area contributed by atoms with Gasteiger partial charge in [0.05, 0.1) is 25.4 Å². The molecule has 2 aromatic rings. The normalized spacial score (nSPS) is 20.8. The Labute approximate surface area is 213 Å². The van der Waals surface area contributed by atoms with Crippen LogP contribution in [0, 0.1) is 5.82 Å². The van der Waals surface area contributed by atoms with Crippen molar-refractivity contribution in [2.45, 2.75) is 25.0 Å². The second-order valence-electron chi connectivity index (χ2n) is 8.05. The van der Waals surface area contributed by atoms with E-state index in [1.165, 1.54) is 30.6 Å². The first kappa shape index (κ1) is 25.4. The molecule has 2 aliphatic heterocycles. The molecule has 186 valence electrons. The molecule has 1 aromatic heterocycles. The lowest BCUT2D eigenvalue weighted by Crippen LogP contribution is -2.46. The van der Waals surface area contributed by atoms with Crippen LogP contribution in [0.3, 0.4) is 0 Å². The summed E-state index contributed by atoms with van der Waals surface area (Å²) in [6, 6.07) is 3.50. The van der Waals surface area contributed by atoms with Gasteiger partial charge in [-0.2, -0.15) is 0 Å². The molecule has 2 aliphatic rings. The van der Waals surface area contributed by atoms with Crippen molar-refractivity contribution in [3.05, 3.63) is 61.9 Å². The maximum atomic E-state index is 13.8. The van der Waals surface area contributed by atoms with Crippen molar-refractivity contribution in [3.8, 4) is 0 Å². The molecule has 4 rings (SSSR count). The quantitative estimate of drug-likeness (QED) is 0.468. The number of rotatable bonds is 8. The highest BCUT2D eigenvalue weighted by Gasteiger charge is 2.35. The van der Waals surface area contributed by atoms with E-state index in [1.807, 2.05) is 5.38 Å². The van der Waals surface area contributed by atoms with Crippen LogP contribution in [-0.2, 0) is 19.1 Å². The second-order valence-corrected chi connectivity index (χ2v) is 9.80. The lowest BCUT2D eigenvalue weighted by molar-refractivity contribution is -0.138. The summed E-state index contributed by atoms with van der Waals surface area (Å²) < 4.78 is 25.2. The molecular weight excluding hydrogens is 543 g/mol. The van der Waals surface area contributed by atoms with Crippen LogP contribution in [0.5, 0.6) is 0 Å². The number of methoxy groups -OCH3 is 1. The number of morpholine rings is 1. The van der Waals surface area contributed by atoms with E-state index in [2.05, 4.69) is 31.1 Å². The Balaban J connectivity index is 1.70. The number of aliphatic carboxylic acids is 1. The molecule has 12 heteroatoms. The fraction of sp³-hybridized carbons (Fsp3) is 0.391. The number of carboxylic acid groups (broad SMARTS) is 1. The average Bonchev–Trinajstić information content (AvgIpc) is 3.37. The number of carbonyl (C=O) groups is 2. The number of nitrogens with one attached hydrogen (secondary N) is 1. The standard InChI is InChI=1S/C23H24BrFN4O5S/c1-33-23(32)19-17(12-29-7-8-34-14(11-29)3-5-18(30)31)27-21(22-26-6-9-35-22)28-20(19)15-4-2-13(25)10-16(15)24/h2,4,6,9-10,14,20H,3,5,7-8,11-12H2,1H3,(H,27,28)(H,30,31). The molecule has 3 heterocycles. The van der Waals surface area contributed by atoms with Gasteiger partial charge in [0.15, 0.2) is 10.8 Å². The Hall–Kier alpha value is -2.67. The number of nitrogens with zero attached hydrogens (tertiary/aromatic N) is 3. The third-order valence-electron chi connectivity index (χ3n) is 5.71. The van der Waals surface area contributed by atoms with Gasteiger partial charge >= 0.3 is 11.9 Å². The molecule has 9 nitrogen and oxygen atoms in total. The number of hydrogen-bond acceptors (Lipinski definition) is 9. The van der Waals surface area contributed by atoms with Gasteiger partial charge < -0.3 is 19.9 Å². The Kier molecular flexibility index (Phi) is 8.26. The minimum Gasteiger partial charge on any atom is -0.481 e. The molecule has 0 radical (unpaired) electrons. The lowest BCUT2D eigenvalue weighted by atomic mass is 9.95. The summed E-state index contributed by atoms with van der Waals surface area (Å²) in [6.07, 6.45) is 1.87. The third kappa shape index (κ3) is 6.13. The highest BCUT2D eigenvalue weighted by atomic mass is 79.9. The van der Waals surface area contributed by atoms with Crippen LogP contribution in [0.1, 0.15) is 29.5 Å².